The van der Waals surface area contributed by atoms with E-state index < -0.39 is 31.2 Å². The van der Waals surface area contributed by atoms with Crippen molar-refractivity contribution in [3.63, 3.8) is 0 Å². The van der Waals surface area contributed by atoms with Gasteiger partial charge in [-0.25, -0.2) is 8.42 Å². The zero-order chi connectivity index (χ0) is 20.6. The Bertz CT molecular complexity index is 813. The van der Waals surface area contributed by atoms with Gasteiger partial charge in [0.25, 0.3) is 4.87 Å². The van der Waals surface area contributed by atoms with Crippen LogP contribution in [-0.2, 0) is 15.6 Å². The first kappa shape index (κ1) is 21.3. The van der Waals surface area contributed by atoms with Crippen molar-refractivity contribution in [3.8, 4) is 0 Å². The maximum absolute atomic E-state index is 13.8. The largest absolute Gasteiger partial charge is 0.339 e. The minimum Gasteiger partial charge on any atom is -0.339 e. The minimum absolute atomic E-state index is 0.279. The molecular weight excluding hydrogens is 368 g/mol. The Balaban J connectivity index is 2.82. The topological polar surface area (TPSA) is 105 Å². The van der Waals surface area contributed by atoms with Crippen molar-refractivity contribution in [1.29, 1.82) is 0 Å². The Morgan fingerprint density at radius 3 is 1.96 bits per heavy atom. The third-order valence-corrected chi connectivity index (χ3v) is 8.16. The molecule has 1 heterocycles. The lowest BCUT2D eigenvalue weighted by atomic mass is 9.68. The maximum atomic E-state index is 13.8. The predicted octanol–water partition coefficient (Wildman–Crippen LogP) is 3.88. The van der Waals surface area contributed by atoms with E-state index in [0.29, 0.717) is 10.7 Å². The standard InChI is InChI=1S/C18H28N4O4S/c1-13(2)17(14(3)4)18(15(5)6,21(20-19-17)22(23)24)27(25,26)12-16-10-8-7-9-11-16/h7-11,13-15H,12H2,1-6H3. The van der Waals surface area contributed by atoms with Crippen LogP contribution in [0.15, 0.2) is 40.7 Å². The lowest BCUT2D eigenvalue weighted by molar-refractivity contribution is -0.671. The smallest absolute Gasteiger partial charge is 0.259 e. The van der Waals surface area contributed by atoms with Gasteiger partial charge < -0.3 is 10.1 Å². The first-order valence-corrected chi connectivity index (χ1v) is 10.7. The molecule has 0 radical (unpaired) electrons. The summed E-state index contributed by atoms with van der Waals surface area (Å²) in [6, 6.07) is 8.71. The number of hydrogen-bond acceptors (Lipinski definition) is 6. The molecule has 0 amide bonds. The highest BCUT2D eigenvalue weighted by Crippen LogP contribution is 2.55. The second-order valence-electron chi connectivity index (χ2n) is 7.95. The fourth-order valence-electron chi connectivity index (χ4n) is 4.62. The van der Waals surface area contributed by atoms with E-state index in [1.165, 1.54) is 0 Å². The zero-order valence-corrected chi connectivity index (χ0v) is 17.5. The van der Waals surface area contributed by atoms with Crippen molar-refractivity contribution in [1.82, 2.24) is 5.12 Å². The summed E-state index contributed by atoms with van der Waals surface area (Å²) >= 11 is 0. The second-order valence-corrected chi connectivity index (χ2v) is 10.1. The number of rotatable bonds is 7. The Morgan fingerprint density at radius 2 is 1.56 bits per heavy atom. The number of nitrogens with zero attached hydrogens (tertiary/aromatic N) is 4. The summed E-state index contributed by atoms with van der Waals surface area (Å²) in [5.74, 6) is -1.49. The third kappa shape index (κ3) is 2.92. The van der Waals surface area contributed by atoms with Crippen molar-refractivity contribution in [2.45, 2.75) is 57.7 Å². The number of benzene rings is 1. The molecular formula is C18H28N4O4S. The number of hydrogen-bond donors (Lipinski definition) is 0. The molecule has 0 fully saturated rings. The van der Waals surface area contributed by atoms with E-state index in [1.807, 2.05) is 27.7 Å². The molecule has 0 aliphatic carbocycles. The van der Waals surface area contributed by atoms with Crippen molar-refractivity contribution < 1.29 is 13.5 Å². The van der Waals surface area contributed by atoms with Crippen molar-refractivity contribution in [2.24, 2.45) is 28.1 Å². The lowest BCUT2D eigenvalue weighted by Crippen LogP contribution is -2.71. The summed E-state index contributed by atoms with van der Waals surface area (Å²) in [6.45, 7) is 10.8. The fraction of sp³-hybridized carbons (Fsp3) is 0.667. The molecule has 1 aromatic rings. The van der Waals surface area contributed by atoms with E-state index in [2.05, 4.69) is 10.3 Å². The van der Waals surface area contributed by atoms with Crippen molar-refractivity contribution >= 4 is 9.84 Å². The van der Waals surface area contributed by atoms with Gasteiger partial charge in [-0.1, -0.05) is 71.9 Å². The SMILES string of the molecule is CC(C)C1(C(C)C)N=NN([N+](=O)[O-])C1(C(C)C)S(=O)(=O)Cc1ccccc1. The quantitative estimate of drug-likeness (QED) is 0.514. The van der Waals surface area contributed by atoms with Crippen LogP contribution in [0.3, 0.4) is 0 Å². The summed E-state index contributed by atoms with van der Waals surface area (Å²) in [6.07, 6.45) is 0. The van der Waals surface area contributed by atoms with Gasteiger partial charge in [-0.15, -0.1) is 0 Å². The summed E-state index contributed by atoms with van der Waals surface area (Å²) in [4.78, 5) is 9.98. The van der Waals surface area contributed by atoms with Gasteiger partial charge >= 0.3 is 0 Å². The molecule has 0 aromatic heterocycles. The Morgan fingerprint density at radius 1 is 1.04 bits per heavy atom. The zero-order valence-electron chi connectivity index (χ0n) is 16.7. The summed E-state index contributed by atoms with van der Waals surface area (Å²) in [5.41, 5.74) is -0.670. The first-order valence-electron chi connectivity index (χ1n) is 9.08. The molecule has 8 nitrogen and oxygen atoms in total. The molecule has 1 aliphatic rings. The normalized spacial score (nSPS) is 22.2. The van der Waals surface area contributed by atoms with Crippen LogP contribution in [0, 0.1) is 27.9 Å². The first-order chi connectivity index (χ1) is 12.4. The third-order valence-electron chi connectivity index (χ3n) is 5.54. The van der Waals surface area contributed by atoms with E-state index in [-0.39, 0.29) is 17.6 Å². The Labute approximate surface area is 160 Å². The van der Waals surface area contributed by atoms with Crippen LogP contribution >= 0.6 is 0 Å². The molecule has 0 spiro atoms. The molecule has 1 aromatic carbocycles. The van der Waals surface area contributed by atoms with E-state index >= 15 is 0 Å². The highest BCUT2D eigenvalue weighted by molar-refractivity contribution is 7.92. The lowest BCUT2D eigenvalue weighted by Gasteiger charge is -2.47. The van der Waals surface area contributed by atoms with Crippen LogP contribution in [0.25, 0.3) is 0 Å². The number of nitro groups is 1. The van der Waals surface area contributed by atoms with Gasteiger partial charge in [0.1, 0.15) is 0 Å². The number of sulfone groups is 1. The second kappa shape index (κ2) is 7.18. The van der Waals surface area contributed by atoms with Crippen LogP contribution in [0.1, 0.15) is 47.1 Å². The van der Waals surface area contributed by atoms with Gasteiger partial charge in [0, 0.05) is 11.0 Å². The molecule has 0 N–H and O–H groups in total. The van der Waals surface area contributed by atoms with Crippen molar-refractivity contribution in [3.05, 3.63) is 46.0 Å². The van der Waals surface area contributed by atoms with E-state index in [4.69, 9.17) is 0 Å². The van der Waals surface area contributed by atoms with Gasteiger partial charge in [-0.3, -0.25) is 0 Å². The average Bonchev–Trinajstić information content (AvgIpc) is 2.94. The van der Waals surface area contributed by atoms with Gasteiger partial charge in [0.05, 0.1) is 10.8 Å². The summed E-state index contributed by atoms with van der Waals surface area (Å²) < 4.78 is 27.7. The number of hydrazine groups is 1. The monoisotopic (exact) mass is 396 g/mol. The molecule has 1 atom stereocenters. The van der Waals surface area contributed by atoms with Gasteiger partial charge in [-0.05, 0) is 22.5 Å². The highest BCUT2D eigenvalue weighted by atomic mass is 32.2. The molecule has 9 heteroatoms. The molecule has 0 saturated carbocycles. The molecule has 2 rings (SSSR count). The van der Waals surface area contributed by atoms with Crippen LogP contribution in [0.4, 0.5) is 0 Å². The fourth-order valence-corrected chi connectivity index (χ4v) is 7.56. The van der Waals surface area contributed by atoms with Gasteiger partial charge in [0.2, 0.25) is 0 Å². The summed E-state index contributed by atoms with van der Waals surface area (Å²) in [5, 5.41) is 19.7. The van der Waals surface area contributed by atoms with E-state index in [1.54, 1.807) is 44.2 Å². The molecule has 27 heavy (non-hydrogen) atoms. The highest BCUT2D eigenvalue weighted by Gasteiger charge is 2.77. The van der Waals surface area contributed by atoms with Gasteiger partial charge in [-0.2, -0.15) is 0 Å². The van der Waals surface area contributed by atoms with E-state index in [9.17, 15) is 18.5 Å². The summed E-state index contributed by atoms with van der Waals surface area (Å²) in [7, 11) is -4.07. The Hall–Kier alpha value is -2.03. The molecule has 0 bridgehead atoms. The van der Waals surface area contributed by atoms with E-state index in [0.717, 1.165) is 0 Å². The Kier molecular flexibility index (Phi) is 5.66. The molecule has 150 valence electrons. The van der Waals surface area contributed by atoms with Crippen LogP contribution < -0.4 is 0 Å². The van der Waals surface area contributed by atoms with Gasteiger partial charge in [0.15, 0.2) is 20.6 Å². The minimum atomic E-state index is -4.07. The average molecular weight is 397 g/mol. The van der Waals surface area contributed by atoms with Crippen LogP contribution in [0.5, 0.6) is 0 Å². The van der Waals surface area contributed by atoms with Crippen LogP contribution in [-0.4, -0.2) is 29.0 Å². The molecule has 1 aliphatic heterocycles. The van der Waals surface area contributed by atoms with Crippen molar-refractivity contribution in [2.75, 3.05) is 0 Å². The maximum Gasteiger partial charge on any atom is 0.259 e. The predicted molar refractivity (Wildman–Crippen MR) is 103 cm³/mol. The van der Waals surface area contributed by atoms with Crippen LogP contribution in [0.2, 0.25) is 0 Å². The molecule has 1 unspecified atom stereocenters. The molecule has 0 saturated heterocycles.